The van der Waals surface area contributed by atoms with Crippen LogP contribution in [0.5, 0.6) is 0 Å². The van der Waals surface area contributed by atoms with Gasteiger partial charge in [0, 0.05) is 38.8 Å². The summed E-state index contributed by atoms with van der Waals surface area (Å²) in [6.45, 7) is 6.31. The van der Waals surface area contributed by atoms with Crippen molar-refractivity contribution in [1.82, 2.24) is 19.8 Å². The minimum Gasteiger partial charge on any atom is -0.360 e. The Hall–Kier alpha value is -2.87. The Morgan fingerprint density at radius 2 is 1.82 bits per heavy atom. The summed E-state index contributed by atoms with van der Waals surface area (Å²) < 4.78 is 0. The molecule has 2 aliphatic rings. The fourth-order valence-electron chi connectivity index (χ4n) is 5.60. The van der Waals surface area contributed by atoms with E-state index in [0.717, 1.165) is 75.0 Å². The molecule has 7 nitrogen and oxygen atoms in total. The van der Waals surface area contributed by atoms with Crippen LogP contribution in [-0.4, -0.2) is 64.3 Å². The number of hydrogen-bond acceptors (Lipinski definition) is 4. The maximum Gasteiger partial charge on any atom is 0.246 e. The van der Waals surface area contributed by atoms with Crippen molar-refractivity contribution in [2.24, 2.45) is 5.92 Å². The summed E-state index contributed by atoms with van der Waals surface area (Å²) in [5.74, 6) is 1.60. The van der Waals surface area contributed by atoms with Gasteiger partial charge in [-0.05, 0) is 92.1 Å². The second kappa shape index (κ2) is 11.9. The van der Waals surface area contributed by atoms with Crippen LogP contribution in [0.15, 0.2) is 42.6 Å². The minimum absolute atomic E-state index is 0.0457. The highest BCUT2D eigenvalue weighted by Crippen LogP contribution is 2.33. The number of anilines is 1. The average molecular weight is 555 g/mol. The third kappa shape index (κ3) is 6.40. The number of aromatic amines is 1. The van der Waals surface area contributed by atoms with E-state index in [0.29, 0.717) is 27.7 Å². The van der Waals surface area contributed by atoms with Crippen LogP contribution in [0.3, 0.4) is 0 Å². The van der Waals surface area contributed by atoms with E-state index in [1.807, 2.05) is 23.1 Å². The van der Waals surface area contributed by atoms with Gasteiger partial charge in [0.15, 0.2) is 0 Å². The molecule has 200 valence electrons. The number of H-pyrrole nitrogens is 1. The number of benzene rings is 1. The third-order valence-electron chi connectivity index (χ3n) is 7.69. The SMILES string of the molecule is CC(=O)Nc1ccc2[nH]cc(C3CCN(CC4CCN(C(=O)/C=C/c5ccc(Cl)c(Cl)c5)CC4)CC3)c2n1. The van der Waals surface area contributed by atoms with E-state index in [1.165, 1.54) is 12.5 Å². The van der Waals surface area contributed by atoms with Crippen LogP contribution in [0.1, 0.15) is 49.7 Å². The van der Waals surface area contributed by atoms with E-state index >= 15 is 0 Å². The number of piperidine rings is 2. The maximum absolute atomic E-state index is 12.7. The highest BCUT2D eigenvalue weighted by molar-refractivity contribution is 6.42. The normalized spacial score (nSPS) is 17.9. The standard InChI is InChI=1S/C29H33Cl2N5O2/c1-19(37)33-27-6-5-26-29(34-27)23(17-32-26)22-10-12-35(13-11-22)18-21-8-14-36(15-9-21)28(38)7-3-20-2-4-24(30)25(31)16-20/h2-7,16-17,21-22,32H,8-15,18H2,1H3,(H,33,34,37)/b7-3+. The molecule has 3 aromatic rings. The molecule has 2 N–H and O–H groups in total. The van der Waals surface area contributed by atoms with E-state index in [4.69, 9.17) is 28.2 Å². The number of amides is 2. The first-order valence-electron chi connectivity index (χ1n) is 13.3. The number of fused-ring (bicyclic) bond motifs is 1. The Bertz CT molecular complexity index is 1340. The molecule has 2 fully saturated rings. The molecule has 0 bridgehead atoms. The van der Waals surface area contributed by atoms with Crippen LogP contribution in [0.2, 0.25) is 10.0 Å². The van der Waals surface area contributed by atoms with Gasteiger partial charge in [-0.2, -0.15) is 0 Å². The average Bonchev–Trinajstić information content (AvgIpc) is 3.33. The number of carbonyl (C=O) groups excluding carboxylic acids is 2. The Labute approximate surface area is 233 Å². The lowest BCUT2D eigenvalue weighted by atomic mass is 9.89. The van der Waals surface area contributed by atoms with Gasteiger partial charge in [-0.3, -0.25) is 9.59 Å². The second-order valence-electron chi connectivity index (χ2n) is 10.4. The van der Waals surface area contributed by atoms with Crippen molar-refractivity contribution < 1.29 is 9.59 Å². The van der Waals surface area contributed by atoms with Gasteiger partial charge in [0.2, 0.25) is 11.8 Å². The number of carbonyl (C=O) groups is 2. The highest BCUT2D eigenvalue weighted by Gasteiger charge is 2.27. The molecule has 38 heavy (non-hydrogen) atoms. The van der Waals surface area contributed by atoms with Crippen LogP contribution in [0.4, 0.5) is 5.82 Å². The zero-order valence-corrected chi connectivity index (χ0v) is 23.1. The van der Waals surface area contributed by atoms with Crippen molar-refractivity contribution in [3.8, 4) is 0 Å². The number of rotatable bonds is 6. The fourth-order valence-corrected chi connectivity index (χ4v) is 5.90. The van der Waals surface area contributed by atoms with Crippen molar-refractivity contribution >= 4 is 57.9 Å². The first-order chi connectivity index (χ1) is 18.4. The van der Waals surface area contributed by atoms with Crippen molar-refractivity contribution in [1.29, 1.82) is 0 Å². The molecule has 2 aromatic heterocycles. The molecule has 2 saturated heterocycles. The molecule has 2 amide bonds. The molecule has 0 unspecified atom stereocenters. The topological polar surface area (TPSA) is 81.3 Å². The number of nitrogens with zero attached hydrogens (tertiary/aromatic N) is 3. The molecule has 5 rings (SSSR count). The molecule has 1 aromatic carbocycles. The zero-order chi connectivity index (χ0) is 26.6. The van der Waals surface area contributed by atoms with Gasteiger partial charge in [-0.15, -0.1) is 0 Å². The number of halogens is 2. The molecule has 0 atom stereocenters. The van der Waals surface area contributed by atoms with Crippen molar-refractivity contribution in [2.75, 3.05) is 38.0 Å². The number of aromatic nitrogens is 2. The highest BCUT2D eigenvalue weighted by atomic mass is 35.5. The van der Waals surface area contributed by atoms with E-state index in [1.54, 1.807) is 24.3 Å². The lowest BCUT2D eigenvalue weighted by Crippen LogP contribution is -2.42. The fraction of sp³-hybridized carbons (Fsp3) is 0.414. The zero-order valence-electron chi connectivity index (χ0n) is 21.6. The number of nitrogens with one attached hydrogen (secondary N) is 2. The second-order valence-corrected chi connectivity index (χ2v) is 11.2. The predicted molar refractivity (Wildman–Crippen MR) is 154 cm³/mol. The first-order valence-corrected chi connectivity index (χ1v) is 14.0. The molecule has 0 aliphatic carbocycles. The number of pyridine rings is 1. The van der Waals surface area contributed by atoms with Crippen molar-refractivity contribution in [2.45, 2.75) is 38.5 Å². The summed E-state index contributed by atoms with van der Waals surface area (Å²) >= 11 is 12.0. The smallest absolute Gasteiger partial charge is 0.246 e. The lowest BCUT2D eigenvalue weighted by Gasteiger charge is -2.37. The van der Waals surface area contributed by atoms with Gasteiger partial charge >= 0.3 is 0 Å². The summed E-state index contributed by atoms with van der Waals surface area (Å²) in [5.41, 5.74) is 4.07. The molecular weight excluding hydrogens is 521 g/mol. The van der Waals surface area contributed by atoms with Crippen LogP contribution < -0.4 is 5.32 Å². The largest absolute Gasteiger partial charge is 0.360 e. The summed E-state index contributed by atoms with van der Waals surface area (Å²) in [5, 5.41) is 3.78. The monoisotopic (exact) mass is 553 g/mol. The molecule has 0 radical (unpaired) electrons. The molecule has 9 heteroatoms. The van der Waals surface area contributed by atoms with E-state index in [-0.39, 0.29) is 11.8 Å². The van der Waals surface area contributed by atoms with Crippen LogP contribution >= 0.6 is 23.2 Å². The van der Waals surface area contributed by atoms with E-state index < -0.39 is 0 Å². The molecule has 0 spiro atoms. The van der Waals surface area contributed by atoms with Gasteiger partial charge in [-0.1, -0.05) is 29.3 Å². The molecular formula is C29H33Cl2N5O2. The Morgan fingerprint density at radius 3 is 2.53 bits per heavy atom. The van der Waals surface area contributed by atoms with Gasteiger partial charge in [-0.25, -0.2) is 4.98 Å². The van der Waals surface area contributed by atoms with Crippen molar-refractivity contribution in [3.63, 3.8) is 0 Å². The van der Waals surface area contributed by atoms with Crippen LogP contribution in [0.25, 0.3) is 17.1 Å². The Morgan fingerprint density at radius 1 is 1.05 bits per heavy atom. The van der Waals surface area contributed by atoms with Crippen molar-refractivity contribution in [3.05, 3.63) is 63.8 Å². The summed E-state index contributed by atoms with van der Waals surface area (Å²) in [6, 6.07) is 9.17. The summed E-state index contributed by atoms with van der Waals surface area (Å²) in [4.78, 5) is 36.7. The number of likely N-dealkylation sites (tertiary alicyclic amines) is 2. The minimum atomic E-state index is -0.114. The van der Waals surface area contributed by atoms with Crippen LogP contribution in [0, 0.1) is 5.92 Å². The summed E-state index contributed by atoms with van der Waals surface area (Å²) in [6.07, 6.45) is 9.76. The molecule has 4 heterocycles. The van der Waals surface area contributed by atoms with Gasteiger partial charge < -0.3 is 20.1 Å². The van der Waals surface area contributed by atoms with E-state index in [2.05, 4.69) is 21.4 Å². The Kier molecular flexibility index (Phi) is 8.36. The lowest BCUT2D eigenvalue weighted by molar-refractivity contribution is -0.127. The Balaban J connectivity index is 1.09. The van der Waals surface area contributed by atoms with Gasteiger partial charge in [0.1, 0.15) is 5.82 Å². The third-order valence-corrected chi connectivity index (χ3v) is 8.43. The van der Waals surface area contributed by atoms with E-state index in [9.17, 15) is 9.59 Å². The maximum atomic E-state index is 12.7. The van der Waals surface area contributed by atoms with Gasteiger partial charge in [0.05, 0.1) is 21.1 Å². The quantitative estimate of drug-likeness (QED) is 0.369. The summed E-state index contributed by atoms with van der Waals surface area (Å²) in [7, 11) is 0. The number of hydrogen-bond donors (Lipinski definition) is 2. The molecule has 2 aliphatic heterocycles. The van der Waals surface area contributed by atoms with Crippen LogP contribution in [-0.2, 0) is 9.59 Å². The predicted octanol–water partition coefficient (Wildman–Crippen LogP) is 5.96. The first kappa shape index (κ1) is 26.7. The van der Waals surface area contributed by atoms with Gasteiger partial charge in [0.25, 0.3) is 0 Å². The molecule has 0 saturated carbocycles.